The normalized spacial score (nSPS) is 20.1. The number of benzene rings is 1. The van der Waals surface area contributed by atoms with Crippen molar-refractivity contribution in [1.82, 2.24) is 29.3 Å². The van der Waals surface area contributed by atoms with Crippen LogP contribution in [0.3, 0.4) is 0 Å². The Balaban J connectivity index is 1.16. The summed E-state index contributed by atoms with van der Waals surface area (Å²) < 4.78 is 24.9. The molecule has 0 spiro atoms. The first kappa shape index (κ1) is 39.4. The van der Waals surface area contributed by atoms with Gasteiger partial charge >= 0.3 is 5.97 Å². The Bertz CT molecular complexity index is 2160. The molecule has 14 heteroatoms. The summed E-state index contributed by atoms with van der Waals surface area (Å²) in [7, 11) is 8.88. The van der Waals surface area contributed by atoms with Crippen LogP contribution in [0.25, 0.3) is 39.2 Å². The van der Waals surface area contributed by atoms with Crippen molar-refractivity contribution < 1.29 is 34.0 Å². The van der Waals surface area contributed by atoms with Gasteiger partial charge in [-0.05, 0) is 64.4 Å². The van der Waals surface area contributed by atoms with Crippen molar-refractivity contribution in [2.45, 2.75) is 63.4 Å². The molecule has 0 bridgehead atoms. The van der Waals surface area contributed by atoms with Crippen molar-refractivity contribution in [3.63, 3.8) is 0 Å². The van der Waals surface area contributed by atoms with Gasteiger partial charge in [0.25, 0.3) is 0 Å². The molecule has 296 valence electrons. The summed E-state index contributed by atoms with van der Waals surface area (Å²) in [6.45, 7) is 2.01. The quantitative estimate of drug-likeness (QED) is 0.135. The lowest BCUT2D eigenvalue weighted by atomic mass is 9.85. The van der Waals surface area contributed by atoms with Gasteiger partial charge in [0, 0.05) is 72.3 Å². The van der Waals surface area contributed by atoms with Crippen molar-refractivity contribution in [2.24, 2.45) is 5.92 Å². The van der Waals surface area contributed by atoms with E-state index in [1.165, 1.54) is 0 Å². The number of nitrogens with zero attached hydrogens (tertiary/aromatic N) is 6. The summed E-state index contributed by atoms with van der Waals surface area (Å²) in [6.07, 6.45) is 6.92. The number of halogens is 1. The van der Waals surface area contributed by atoms with E-state index in [2.05, 4.69) is 16.8 Å². The van der Waals surface area contributed by atoms with Gasteiger partial charge in [-0.15, -0.1) is 0 Å². The maximum Gasteiger partial charge on any atom is 0.306 e. The highest BCUT2D eigenvalue weighted by molar-refractivity contribution is 6.36. The van der Waals surface area contributed by atoms with Crippen molar-refractivity contribution in [3.8, 4) is 45.8 Å². The van der Waals surface area contributed by atoms with Gasteiger partial charge in [-0.3, -0.25) is 19.6 Å². The minimum absolute atomic E-state index is 0.0594. The summed E-state index contributed by atoms with van der Waals surface area (Å²) in [5.74, 6) is 1.23. The Morgan fingerprint density at radius 1 is 0.929 bits per heavy atom. The molecule has 0 unspecified atom stereocenters. The number of carboxylic acid groups (broad SMARTS) is 1. The molecule has 2 fully saturated rings. The number of fused-ring (bicyclic) bond motifs is 1. The van der Waals surface area contributed by atoms with E-state index in [-0.39, 0.29) is 12.0 Å². The molecule has 13 nitrogen and oxygen atoms in total. The van der Waals surface area contributed by atoms with E-state index in [4.69, 9.17) is 45.5 Å². The number of aliphatic hydroxyl groups excluding tert-OH is 1. The Morgan fingerprint density at radius 3 is 2.41 bits per heavy atom. The third-order valence-electron chi connectivity index (χ3n) is 11.3. The molecule has 5 aromatic rings. The third-order valence-corrected chi connectivity index (χ3v) is 11.7. The number of hydrogen-bond donors (Lipinski definition) is 2. The number of hydrogen-bond acceptors (Lipinski definition) is 11. The number of aliphatic carboxylic acids is 1. The first-order valence-corrected chi connectivity index (χ1v) is 19.3. The van der Waals surface area contributed by atoms with Gasteiger partial charge in [0.2, 0.25) is 11.8 Å². The third kappa shape index (κ3) is 7.91. The van der Waals surface area contributed by atoms with Crippen molar-refractivity contribution >= 4 is 28.5 Å². The predicted molar refractivity (Wildman–Crippen MR) is 214 cm³/mol. The van der Waals surface area contributed by atoms with E-state index in [0.29, 0.717) is 84.9 Å². The van der Waals surface area contributed by atoms with Crippen LogP contribution in [0.4, 0.5) is 0 Å². The monoisotopic (exact) mass is 784 g/mol. The number of ether oxygens (including phenoxy) is 4. The van der Waals surface area contributed by atoms with Crippen LogP contribution in [-0.4, -0.2) is 112 Å². The maximum absolute atomic E-state index is 11.4. The first-order valence-electron chi connectivity index (χ1n) is 18.9. The second kappa shape index (κ2) is 17.1. The van der Waals surface area contributed by atoms with Crippen LogP contribution in [0.15, 0.2) is 60.9 Å². The molecule has 56 heavy (non-hydrogen) atoms. The van der Waals surface area contributed by atoms with Gasteiger partial charge in [-0.25, -0.2) is 4.98 Å². The van der Waals surface area contributed by atoms with Crippen molar-refractivity contribution in [3.05, 3.63) is 77.1 Å². The van der Waals surface area contributed by atoms with Gasteiger partial charge in [0.1, 0.15) is 11.6 Å². The SMILES string of the molecule is COc1cc(-n2ccc3c(-c4cccc(-c5ccc(CN(C)C6CCC(C(=O)O)CC6)c(OC)n5)c4Cl)nccc32)nc(OC)c1CN(C)[C@@H]1CCOC[C@@H]1O. The fourth-order valence-corrected chi connectivity index (χ4v) is 8.51. The number of methoxy groups -OCH3 is 3. The molecule has 0 amide bonds. The molecule has 1 aliphatic heterocycles. The fourth-order valence-electron chi connectivity index (χ4n) is 8.20. The zero-order chi connectivity index (χ0) is 39.5. The molecule has 7 rings (SSSR count). The summed E-state index contributed by atoms with van der Waals surface area (Å²) in [5, 5.41) is 21.4. The molecule has 1 aromatic carbocycles. The molecule has 2 atom stereocenters. The number of carboxylic acids is 1. The Kier molecular flexibility index (Phi) is 12.1. The Labute approximate surface area is 331 Å². The summed E-state index contributed by atoms with van der Waals surface area (Å²) in [4.78, 5) is 30.4. The molecule has 0 radical (unpaired) electrons. The summed E-state index contributed by atoms with van der Waals surface area (Å²) >= 11 is 7.21. The summed E-state index contributed by atoms with van der Waals surface area (Å²) in [6, 6.07) is 15.9. The highest BCUT2D eigenvalue weighted by Crippen LogP contribution is 2.40. The lowest BCUT2D eigenvalue weighted by Crippen LogP contribution is -2.47. The van der Waals surface area contributed by atoms with Gasteiger partial charge in [0.05, 0.1) is 67.4 Å². The van der Waals surface area contributed by atoms with Crippen LogP contribution >= 0.6 is 11.6 Å². The highest BCUT2D eigenvalue weighted by atomic mass is 35.5. The van der Waals surface area contributed by atoms with Crippen LogP contribution in [-0.2, 0) is 22.6 Å². The van der Waals surface area contributed by atoms with Crippen LogP contribution < -0.4 is 14.2 Å². The first-order chi connectivity index (χ1) is 27.1. The molecule has 1 aliphatic carbocycles. The average Bonchev–Trinajstić information content (AvgIpc) is 3.66. The van der Waals surface area contributed by atoms with Crippen LogP contribution in [0.5, 0.6) is 17.5 Å². The second-order valence-electron chi connectivity index (χ2n) is 14.7. The number of carbonyl (C=O) groups is 1. The molecule has 2 aliphatic rings. The van der Waals surface area contributed by atoms with Crippen LogP contribution in [0.1, 0.15) is 43.2 Å². The lowest BCUT2D eigenvalue weighted by Gasteiger charge is -2.35. The van der Waals surface area contributed by atoms with E-state index < -0.39 is 12.1 Å². The van der Waals surface area contributed by atoms with E-state index >= 15 is 0 Å². The zero-order valence-electron chi connectivity index (χ0n) is 32.4. The van der Waals surface area contributed by atoms with Crippen LogP contribution in [0, 0.1) is 5.92 Å². The summed E-state index contributed by atoms with van der Waals surface area (Å²) in [5.41, 5.74) is 5.48. The van der Waals surface area contributed by atoms with E-state index in [1.54, 1.807) is 27.5 Å². The predicted octanol–water partition coefficient (Wildman–Crippen LogP) is 6.49. The molecule has 5 heterocycles. The number of rotatable bonds is 13. The molecule has 1 saturated heterocycles. The van der Waals surface area contributed by atoms with E-state index in [1.807, 2.05) is 66.3 Å². The van der Waals surface area contributed by atoms with E-state index in [9.17, 15) is 15.0 Å². The van der Waals surface area contributed by atoms with Crippen LogP contribution in [0.2, 0.25) is 5.02 Å². The number of pyridine rings is 3. The van der Waals surface area contributed by atoms with E-state index in [0.717, 1.165) is 52.4 Å². The largest absolute Gasteiger partial charge is 0.496 e. The lowest BCUT2D eigenvalue weighted by molar-refractivity contribution is -0.143. The highest BCUT2D eigenvalue weighted by Gasteiger charge is 2.30. The molecule has 2 N–H and O–H groups in total. The number of aromatic nitrogens is 4. The Morgan fingerprint density at radius 2 is 1.70 bits per heavy atom. The van der Waals surface area contributed by atoms with Crippen molar-refractivity contribution in [1.29, 1.82) is 0 Å². The van der Waals surface area contributed by atoms with Gasteiger partial charge < -0.3 is 33.7 Å². The van der Waals surface area contributed by atoms with Gasteiger partial charge in [-0.1, -0.05) is 35.9 Å². The second-order valence-corrected chi connectivity index (χ2v) is 15.0. The number of likely N-dealkylation sites (N-methyl/N-ethyl adjacent to an activating group) is 1. The number of aliphatic hydroxyl groups is 1. The smallest absolute Gasteiger partial charge is 0.306 e. The molecule has 1 saturated carbocycles. The minimum Gasteiger partial charge on any atom is -0.496 e. The Hall–Kier alpha value is -4.79. The van der Waals surface area contributed by atoms with Crippen molar-refractivity contribution in [2.75, 3.05) is 48.6 Å². The standard InChI is InChI=1S/C42H49ClN6O7/c1-47(27-12-9-25(10-13-27)42(51)52)22-26-11-14-32(45-40(26)54-4)28-7-6-8-30(38(28)43)39-29-16-19-49(33(29)15-18-44-39)37-21-36(53-3)31(41(46-37)55-5)23-48(2)34-17-20-56-24-35(34)50/h6-8,11,14-16,18-19,21,25,27,34-35,50H,9-10,12-13,17,20,22-24H2,1-5H3,(H,51,52)/t25?,27?,34-,35+/m1/s1. The molecular weight excluding hydrogens is 736 g/mol. The van der Waals surface area contributed by atoms with Gasteiger partial charge in [-0.2, -0.15) is 4.98 Å². The minimum atomic E-state index is -0.699. The average molecular weight is 785 g/mol. The molecular formula is C42H49ClN6O7. The maximum atomic E-state index is 11.4. The van der Waals surface area contributed by atoms with Gasteiger partial charge in [0.15, 0.2) is 0 Å². The fraction of sp³-hybridized carbons (Fsp3) is 0.429. The molecule has 4 aromatic heterocycles. The zero-order valence-corrected chi connectivity index (χ0v) is 33.2. The topological polar surface area (TPSA) is 145 Å².